The van der Waals surface area contributed by atoms with Crippen molar-refractivity contribution in [2.24, 2.45) is 5.84 Å². The van der Waals surface area contributed by atoms with Crippen LogP contribution in [0, 0.1) is 10.1 Å². The topological polar surface area (TPSA) is 122 Å². The van der Waals surface area contributed by atoms with Crippen molar-refractivity contribution in [1.82, 2.24) is 4.90 Å². The number of carbonyl (C=O) groups excluding carboxylic acids is 1. The lowest BCUT2D eigenvalue weighted by Crippen LogP contribution is -2.30. The van der Waals surface area contributed by atoms with Crippen molar-refractivity contribution in [2.45, 2.75) is 0 Å². The molecule has 98 valence electrons. The highest BCUT2D eigenvalue weighted by atomic mass is 16.6. The number of benzene rings is 1. The summed E-state index contributed by atoms with van der Waals surface area (Å²) in [6, 6.07) is 4.23. The highest BCUT2D eigenvalue weighted by molar-refractivity contribution is 6.00. The Hall–Kier alpha value is -2.19. The molecule has 1 rings (SSSR count). The first-order chi connectivity index (χ1) is 8.52. The van der Waals surface area contributed by atoms with E-state index >= 15 is 0 Å². The molecule has 1 aromatic rings. The third kappa shape index (κ3) is 2.73. The Labute approximate surface area is 103 Å². The monoisotopic (exact) mass is 254 g/mol. The van der Waals surface area contributed by atoms with Gasteiger partial charge >= 0.3 is 5.69 Å². The summed E-state index contributed by atoms with van der Waals surface area (Å²) in [5.41, 5.74) is 1.78. The van der Waals surface area contributed by atoms with E-state index in [1.54, 1.807) is 0 Å². The average Bonchev–Trinajstić information content (AvgIpc) is 2.36. The smallest absolute Gasteiger partial charge is 0.306 e. The largest absolute Gasteiger partial charge is 0.395 e. The van der Waals surface area contributed by atoms with Gasteiger partial charge in [0.2, 0.25) is 0 Å². The van der Waals surface area contributed by atoms with Gasteiger partial charge in [0.15, 0.2) is 0 Å². The lowest BCUT2D eigenvalue weighted by atomic mass is 10.1. The number of nitro groups is 1. The molecule has 0 saturated heterocycles. The van der Waals surface area contributed by atoms with Crippen LogP contribution in [0.25, 0.3) is 0 Å². The second-order valence-corrected chi connectivity index (χ2v) is 3.55. The molecular formula is C10H14N4O4. The Morgan fingerprint density at radius 3 is 2.78 bits per heavy atom. The highest BCUT2D eigenvalue weighted by Crippen LogP contribution is 2.28. The minimum absolute atomic E-state index is 0.0586. The Bertz CT molecular complexity index is 463. The van der Waals surface area contributed by atoms with Crippen LogP contribution >= 0.6 is 0 Å². The van der Waals surface area contributed by atoms with Crippen molar-refractivity contribution in [3.8, 4) is 0 Å². The number of nitro benzene ring substituents is 1. The number of hydrogen-bond donors (Lipinski definition) is 3. The maximum atomic E-state index is 12.0. The van der Waals surface area contributed by atoms with Crippen molar-refractivity contribution >= 4 is 17.3 Å². The zero-order valence-electron chi connectivity index (χ0n) is 9.79. The Morgan fingerprint density at radius 1 is 1.61 bits per heavy atom. The van der Waals surface area contributed by atoms with Gasteiger partial charge in [-0.25, -0.2) is 0 Å². The lowest BCUT2D eigenvalue weighted by Gasteiger charge is -2.16. The van der Waals surface area contributed by atoms with Gasteiger partial charge < -0.3 is 15.4 Å². The van der Waals surface area contributed by atoms with E-state index in [2.05, 4.69) is 5.43 Å². The zero-order valence-corrected chi connectivity index (χ0v) is 9.79. The second kappa shape index (κ2) is 5.94. The molecule has 0 spiro atoms. The number of nitrogens with two attached hydrogens (primary N) is 1. The summed E-state index contributed by atoms with van der Waals surface area (Å²) < 4.78 is 0. The first kappa shape index (κ1) is 13.9. The first-order valence-corrected chi connectivity index (χ1v) is 5.13. The Kier molecular flexibility index (Phi) is 4.58. The van der Waals surface area contributed by atoms with Crippen LogP contribution in [-0.2, 0) is 0 Å². The molecule has 8 heteroatoms. The van der Waals surface area contributed by atoms with Gasteiger partial charge in [-0.2, -0.15) is 0 Å². The van der Waals surface area contributed by atoms with E-state index in [0.717, 1.165) is 0 Å². The molecule has 8 nitrogen and oxygen atoms in total. The number of nitrogens with one attached hydrogen (secondary N) is 1. The molecule has 0 unspecified atom stereocenters. The molecule has 0 aliphatic heterocycles. The fourth-order valence-electron chi connectivity index (χ4n) is 1.49. The maximum Gasteiger partial charge on any atom is 0.306 e. The standard InChI is InChI=1S/C10H14N4O4/c1-13(5-6-15)10(16)7-3-2-4-8(12-11)9(7)14(17)18/h2-4,12,15H,5-6,11H2,1H3. The fraction of sp³-hybridized carbons (Fsp3) is 0.300. The summed E-state index contributed by atoms with van der Waals surface area (Å²) in [5, 5.41) is 19.7. The molecule has 4 N–H and O–H groups in total. The highest BCUT2D eigenvalue weighted by Gasteiger charge is 2.25. The Balaban J connectivity index is 3.23. The number of hydrazine groups is 1. The van der Waals surface area contributed by atoms with E-state index in [9.17, 15) is 14.9 Å². The summed E-state index contributed by atoms with van der Waals surface area (Å²) in [4.78, 5) is 23.5. The number of aliphatic hydroxyl groups excluding tert-OH is 1. The van der Waals surface area contributed by atoms with Gasteiger partial charge in [-0.3, -0.25) is 20.8 Å². The number of hydrogen-bond acceptors (Lipinski definition) is 6. The SMILES string of the molecule is CN(CCO)C(=O)c1cccc(NN)c1[N+](=O)[O-]. The van der Waals surface area contributed by atoms with Crippen LogP contribution in [0.1, 0.15) is 10.4 Å². The quantitative estimate of drug-likeness (QED) is 0.384. The molecule has 0 radical (unpaired) electrons. The lowest BCUT2D eigenvalue weighted by molar-refractivity contribution is -0.384. The summed E-state index contributed by atoms with van der Waals surface area (Å²) in [6.07, 6.45) is 0. The molecule has 0 aromatic heterocycles. The first-order valence-electron chi connectivity index (χ1n) is 5.13. The number of aliphatic hydroxyl groups is 1. The molecule has 0 saturated carbocycles. The molecule has 1 amide bonds. The predicted molar refractivity (Wildman–Crippen MR) is 65.0 cm³/mol. The number of carbonyl (C=O) groups is 1. The molecule has 0 heterocycles. The van der Waals surface area contributed by atoms with Gasteiger partial charge in [0.05, 0.1) is 11.5 Å². The molecule has 1 aromatic carbocycles. The molecular weight excluding hydrogens is 240 g/mol. The second-order valence-electron chi connectivity index (χ2n) is 3.55. The Morgan fingerprint density at radius 2 is 2.28 bits per heavy atom. The number of likely N-dealkylation sites (N-methyl/N-ethyl adjacent to an activating group) is 1. The summed E-state index contributed by atoms with van der Waals surface area (Å²) >= 11 is 0. The number of anilines is 1. The van der Waals surface area contributed by atoms with Gasteiger partial charge in [0.1, 0.15) is 11.3 Å². The van der Waals surface area contributed by atoms with Crippen LogP contribution in [0.5, 0.6) is 0 Å². The molecule has 0 aliphatic carbocycles. The van der Waals surface area contributed by atoms with Crippen molar-refractivity contribution in [1.29, 1.82) is 0 Å². The number of nitrogens with zero attached hydrogens (tertiary/aromatic N) is 2. The van der Waals surface area contributed by atoms with Gasteiger partial charge in [-0.05, 0) is 12.1 Å². The van der Waals surface area contributed by atoms with Gasteiger partial charge in [-0.15, -0.1) is 0 Å². The summed E-state index contributed by atoms with van der Waals surface area (Å²) in [7, 11) is 1.45. The molecule has 0 atom stereocenters. The van der Waals surface area contributed by atoms with E-state index in [4.69, 9.17) is 10.9 Å². The number of rotatable bonds is 5. The van der Waals surface area contributed by atoms with Crippen LogP contribution in [0.4, 0.5) is 11.4 Å². The number of para-hydroxylation sites is 1. The number of nitrogen functional groups attached to an aromatic ring is 1. The predicted octanol–water partition coefficient (Wildman–Crippen LogP) is -0.0553. The molecule has 0 aliphatic rings. The summed E-state index contributed by atoms with van der Waals surface area (Å²) in [6.45, 7) is -0.124. The van der Waals surface area contributed by atoms with E-state index in [0.29, 0.717) is 0 Å². The van der Waals surface area contributed by atoms with E-state index in [-0.39, 0.29) is 30.1 Å². The van der Waals surface area contributed by atoms with Crippen LogP contribution in [-0.4, -0.2) is 41.0 Å². The van der Waals surface area contributed by atoms with Crippen LogP contribution in [0.2, 0.25) is 0 Å². The van der Waals surface area contributed by atoms with E-state index < -0.39 is 10.8 Å². The third-order valence-corrected chi connectivity index (χ3v) is 2.39. The minimum Gasteiger partial charge on any atom is -0.395 e. The van der Waals surface area contributed by atoms with Crippen molar-refractivity contribution < 1.29 is 14.8 Å². The van der Waals surface area contributed by atoms with Crippen LogP contribution < -0.4 is 11.3 Å². The van der Waals surface area contributed by atoms with Crippen LogP contribution in [0.3, 0.4) is 0 Å². The third-order valence-electron chi connectivity index (χ3n) is 2.39. The minimum atomic E-state index is -0.671. The van der Waals surface area contributed by atoms with Crippen molar-refractivity contribution in [2.75, 3.05) is 25.6 Å². The van der Waals surface area contributed by atoms with Gasteiger partial charge in [0, 0.05) is 13.6 Å². The summed E-state index contributed by atoms with van der Waals surface area (Å²) in [5.74, 6) is 4.62. The van der Waals surface area contributed by atoms with Crippen molar-refractivity contribution in [3.05, 3.63) is 33.9 Å². The molecule has 0 bridgehead atoms. The van der Waals surface area contributed by atoms with Gasteiger partial charge in [0.25, 0.3) is 5.91 Å². The van der Waals surface area contributed by atoms with E-state index in [1.165, 1.54) is 30.1 Å². The normalized spacial score (nSPS) is 9.94. The number of amides is 1. The zero-order chi connectivity index (χ0) is 13.7. The molecule has 18 heavy (non-hydrogen) atoms. The molecule has 0 fully saturated rings. The maximum absolute atomic E-state index is 12.0. The van der Waals surface area contributed by atoms with Crippen LogP contribution in [0.15, 0.2) is 18.2 Å². The van der Waals surface area contributed by atoms with E-state index in [1.807, 2.05) is 0 Å². The van der Waals surface area contributed by atoms with Crippen molar-refractivity contribution in [3.63, 3.8) is 0 Å². The van der Waals surface area contributed by atoms with Gasteiger partial charge in [-0.1, -0.05) is 6.07 Å². The fourth-order valence-corrected chi connectivity index (χ4v) is 1.49. The average molecular weight is 254 g/mol.